The maximum absolute atomic E-state index is 12.6. The molecule has 2 amide bonds. The van der Waals surface area contributed by atoms with Crippen molar-refractivity contribution in [1.29, 1.82) is 0 Å². The SMILES string of the molecule is CN(CC(=O)Nc1ccc(Cl)cc1)C(=O)c1ccc(NC2CC2)c([N+](=O)[O-])c1. The van der Waals surface area contributed by atoms with E-state index >= 15 is 0 Å². The van der Waals surface area contributed by atoms with E-state index in [1.807, 2.05) is 0 Å². The van der Waals surface area contributed by atoms with E-state index in [0.717, 1.165) is 12.8 Å². The molecule has 28 heavy (non-hydrogen) atoms. The van der Waals surface area contributed by atoms with E-state index in [1.165, 1.54) is 30.1 Å². The van der Waals surface area contributed by atoms with E-state index in [4.69, 9.17) is 11.6 Å². The van der Waals surface area contributed by atoms with Gasteiger partial charge in [0.15, 0.2) is 0 Å². The van der Waals surface area contributed by atoms with Crippen LogP contribution in [0.25, 0.3) is 0 Å². The molecule has 0 heterocycles. The van der Waals surface area contributed by atoms with E-state index in [2.05, 4.69) is 10.6 Å². The second kappa shape index (κ2) is 8.26. The van der Waals surface area contributed by atoms with Gasteiger partial charge in [-0.2, -0.15) is 0 Å². The van der Waals surface area contributed by atoms with Crippen molar-refractivity contribution < 1.29 is 14.5 Å². The lowest BCUT2D eigenvalue weighted by Gasteiger charge is -2.17. The van der Waals surface area contributed by atoms with Gasteiger partial charge < -0.3 is 15.5 Å². The first-order chi connectivity index (χ1) is 13.3. The summed E-state index contributed by atoms with van der Waals surface area (Å²) in [6, 6.07) is 11.1. The number of carbonyl (C=O) groups is 2. The topological polar surface area (TPSA) is 105 Å². The van der Waals surface area contributed by atoms with Gasteiger partial charge in [0.05, 0.1) is 11.5 Å². The Hall–Kier alpha value is -3.13. The summed E-state index contributed by atoms with van der Waals surface area (Å²) in [4.78, 5) is 36.8. The molecule has 1 saturated carbocycles. The molecule has 0 bridgehead atoms. The van der Waals surface area contributed by atoms with Crippen molar-refractivity contribution in [3.8, 4) is 0 Å². The monoisotopic (exact) mass is 402 g/mol. The Morgan fingerprint density at radius 2 is 1.89 bits per heavy atom. The second-order valence-electron chi connectivity index (χ2n) is 6.62. The predicted octanol–water partition coefficient (Wildman–Crippen LogP) is 3.53. The number of nitrogens with zero attached hydrogens (tertiary/aromatic N) is 2. The molecule has 3 rings (SSSR count). The summed E-state index contributed by atoms with van der Waals surface area (Å²) < 4.78 is 0. The molecule has 1 aliphatic carbocycles. The van der Waals surface area contributed by atoms with Crippen LogP contribution in [0.5, 0.6) is 0 Å². The highest BCUT2D eigenvalue weighted by Gasteiger charge is 2.26. The van der Waals surface area contributed by atoms with Crippen LogP contribution in [0, 0.1) is 10.1 Å². The van der Waals surface area contributed by atoms with Gasteiger partial charge in [0.1, 0.15) is 5.69 Å². The van der Waals surface area contributed by atoms with Crippen molar-refractivity contribution in [2.24, 2.45) is 0 Å². The van der Waals surface area contributed by atoms with Gasteiger partial charge in [0, 0.05) is 35.4 Å². The van der Waals surface area contributed by atoms with Gasteiger partial charge >= 0.3 is 0 Å². The highest BCUT2D eigenvalue weighted by molar-refractivity contribution is 6.30. The minimum atomic E-state index is -0.519. The first-order valence-electron chi connectivity index (χ1n) is 8.69. The van der Waals surface area contributed by atoms with Crippen LogP contribution in [-0.2, 0) is 4.79 Å². The Balaban J connectivity index is 1.66. The van der Waals surface area contributed by atoms with Crippen LogP contribution in [0.4, 0.5) is 17.1 Å². The zero-order valence-electron chi connectivity index (χ0n) is 15.1. The van der Waals surface area contributed by atoms with Crippen LogP contribution in [0.2, 0.25) is 5.02 Å². The molecule has 9 heteroatoms. The van der Waals surface area contributed by atoms with Crippen LogP contribution in [-0.4, -0.2) is 41.3 Å². The standard InChI is InChI=1S/C19H19ClN4O4/c1-23(11-18(25)22-15-5-3-13(20)4-6-15)19(26)12-2-9-16(21-14-7-8-14)17(10-12)24(27)28/h2-6,9-10,14,21H,7-8,11H2,1H3,(H,22,25). The number of hydrogen-bond acceptors (Lipinski definition) is 5. The molecule has 0 spiro atoms. The normalized spacial score (nSPS) is 12.9. The van der Waals surface area contributed by atoms with Crippen LogP contribution in [0.15, 0.2) is 42.5 Å². The summed E-state index contributed by atoms with van der Waals surface area (Å²) in [6.07, 6.45) is 1.95. The number of nitro groups is 1. The highest BCUT2D eigenvalue weighted by Crippen LogP contribution is 2.31. The molecule has 8 nitrogen and oxygen atoms in total. The number of nitro benzene ring substituents is 1. The van der Waals surface area contributed by atoms with Gasteiger partial charge in [-0.25, -0.2) is 0 Å². The minimum Gasteiger partial charge on any atom is -0.377 e. The minimum absolute atomic E-state index is 0.148. The third kappa shape index (κ3) is 4.98. The number of hydrogen-bond donors (Lipinski definition) is 2. The van der Waals surface area contributed by atoms with E-state index < -0.39 is 10.8 Å². The fourth-order valence-electron chi connectivity index (χ4n) is 2.63. The van der Waals surface area contributed by atoms with Crippen molar-refractivity contribution in [2.75, 3.05) is 24.2 Å². The largest absolute Gasteiger partial charge is 0.377 e. The lowest BCUT2D eigenvalue weighted by atomic mass is 10.1. The number of nitrogens with one attached hydrogen (secondary N) is 2. The third-order valence-corrected chi connectivity index (χ3v) is 4.49. The Bertz CT molecular complexity index is 913. The zero-order chi connectivity index (χ0) is 20.3. The van der Waals surface area contributed by atoms with Crippen LogP contribution >= 0.6 is 11.6 Å². The molecule has 2 aromatic carbocycles. The van der Waals surface area contributed by atoms with Crippen LogP contribution < -0.4 is 10.6 Å². The molecule has 2 N–H and O–H groups in total. The lowest BCUT2D eigenvalue weighted by Crippen LogP contribution is -2.35. The average Bonchev–Trinajstić information content (AvgIpc) is 3.47. The maximum Gasteiger partial charge on any atom is 0.293 e. The number of benzene rings is 2. The fourth-order valence-corrected chi connectivity index (χ4v) is 2.75. The number of carbonyl (C=O) groups excluding carboxylic acids is 2. The second-order valence-corrected chi connectivity index (χ2v) is 7.06. The molecule has 0 atom stereocenters. The predicted molar refractivity (Wildman–Crippen MR) is 107 cm³/mol. The summed E-state index contributed by atoms with van der Waals surface area (Å²) in [5.74, 6) is -0.868. The molecule has 1 aliphatic rings. The Labute approximate surface area is 166 Å². The molecular formula is C19H19ClN4O4. The van der Waals surface area contributed by atoms with E-state index in [0.29, 0.717) is 16.4 Å². The molecule has 146 valence electrons. The molecule has 1 fully saturated rings. The molecule has 0 unspecified atom stereocenters. The number of rotatable bonds is 7. The van der Waals surface area contributed by atoms with Crippen molar-refractivity contribution in [3.63, 3.8) is 0 Å². The Kier molecular flexibility index (Phi) is 5.79. The van der Waals surface area contributed by atoms with Gasteiger partial charge in [-0.15, -0.1) is 0 Å². The van der Waals surface area contributed by atoms with Crippen LogP contribution in [0.1, 0.15) is 23.2 Å². The van der Waals surface area contributed by atoms with E-state index in [9.17, 15) is 19.7 Å². The molecule has 0 aliphatic heterocycles. The molecule has 0 aromatic heterocycles. The first-order valence-corrected chi connectivity index (χ1v) is 9.07. The maximum atomic E-state index is 12.6. The summed E-state index contributed by atoms with van der Waals surface area (Å²) in [5.41, 5.74) is 0.945. The summed E-state index contributed by atoms with van der Waals surface area (Å²) in [6.45, 7) is -0.197. The quantitative estimate of drug-likeness (QED) is 0.544. The van der Waals surface area contributed by atoms with Crippen LogP contribution in [0.3, 0.4) is 0 Å². The molecular weight excluding hydrogens is 384 g/mol. The van der Waals surface area contributed by atoms with Gasteiger partial charge in [0.2, 0.25) is 5.91 Å². The van der Waals surface area contributed by atoms with Gasteiger partial charge in [-0.3, -0.25) is 19.7 Å². The summed E-state index contributed by atoms with van der Waals surface area (Å²) in [5, 5.41) is 17.6. The van der Waals surface area contributed by atoms with Crippen molar-refractivity contribution in [3.05, 3.63) is 63.2 Å². The fraction of sp³-hybridized carbons (Fsp3) is 0.263. The molecule has 0 saturated heterocycles. The molecule has 2 aromatic rings. The van der Waals surface area contributed by atoms with Gasteiger partial charge in [0.25, 0.3) is 11.6 Å². The Morgan fingerprint density at radius 3 is 2.50 bits per heavy atom. The van der Waals surface area contributed by atoms with Gasteiger partial charge in [-0.1, -0.05) is 11.6 Å². The Morgan fingerprint density at radius 1 is 1.21 bits per heavy atom. The summed E-state index contributed by atoms with van der Waals surface area (Å²) >= 11 is 5.80. The number of halogens is 1. The smallest absolute Gasteiger partial charge is 0.293 e. The zero-order valence-corrected chi connectivity index (χ0v) is 15.9. The lowest BCUT2D eigenvalue weighted by molar-refractivity contribution is -0.384. The summed E-state index contributed by atoms with van der Waals surface area (Å²) in [7, 11) is 1.46. The third-order valence-electron chi connectivity index (χ3n) is 4.23. The van der Waals surface area contributed by atoms with Crippen molar-refractivity contribution >= 4 is 40.5 Å². The van der Waals surface area contributed by atoms with E-state index in [-0.39, 0.29) is 29.7 Å². The number of likely N-dealkylation sites (N-methyl/N-ethyl adjacent to an activating group) is 1. The number of anilines is 2. The van der Waals surface area contributed by atoms with Gasteiger partial charge in [-0.05, 0) is 49.2 Å². The number of amides is 2. The van der Waals surface area contributed by atoms with Crippen molar-refractivity contribution in [2.45, 2.75) is 18.9 Å². The molecule has 0 radical (unpaired) electrons. The average molecular weight is 403 g/mol. The van der Waals surface area contributed by atoms with Crippen molar-refractivity contribution in [1.82, 2.24) is 4.90 Å². The first kappa shape index (κ1) is 19.6. The van der Waals surface area contributed by atoms with E-state index in [1.54, 1.807) is 24.3 Å². The highest BCUT2D eigenvalue weighted by atomic mass is 35.5.